The van der Waals surface area contributed by atoms with E-state index in [1.807, 2.05) is 0 Å². The molecule has 0 amide bonds. The lowest BCUT2D eigenvalue weighted by molar-refractivity contribution is -0.152. The predicted molar refractivity (Wildman–Crippen MR) is 84.1 cm³/mol. The van der Waals surface area contributed by atoms with E-state index in [0.717, 1.165) is 7.11 Å². The van der Waals surface area contributed by atoms with E-state index in [4.69, 9.17) is 40.5 Å². The molecule has 0 radical (unpaired) electrons. The summed E-state index contributed by atoms with van der Waals surface area (Å²) in [6.07, 6.45) is -5.12. The number of hydrogen-bond acceptors (Lipinski definition) is 5. The number of methoxy groups -OCH3 is 1. The molecule has 2 heterocycles. The third kappa shape index (κ3) is 2.99. The summed E-state index contributed by atoms with van der Waals surface area (Å²) in [4.78, 5) is 16.0. The highest BCUT2D eigenvalue weighted by Gasteiger charge is 2.65. The van der Waals surface area contributed by atoms with Gasteiger partial charge in [0.25, 0.3) is 0 Å². The van der Waals surface area contributed by atoms with Gasteiger partial charge >= 0.3 is 12.1 Å². The van der Waals surface area contributed by atoms with E-state index in [1.54, 1.807) is 0 Å². The Labute approximate surface area is 149 Å². The van der Waals surface area contributed by atoms with Crippen molar-refractivity contribution in [3.63, 3.8) is 0 Å². The monoisotopic (exact) mass is 401 g/mol. The van der Waals surface area contributed by atoms with Gasteiger partial charge in [0.15, 0.2) is 5.71 Å². The minimum atomic E-state index is -5.12. The second-order valence-corrected chi connectivity index (χ2v) is 6.07. The van der Waals surface area contributed by atoms with Crippen LogP contribution in [0.15, 0.2) is 28.2 Å². The van der Waals surface area contributed by atoms with Gasteiger partial charge in [-0.3, -0.25) is 0 Å². The molecule has 11 heteroatoms. The van der Waals surface area contributed by atoms with E-state index in [2.05, 4.69) is 14.7 Å². The van der Waals surface area contributed by atoms with Crippen LogP contribution in [-0.4, -0.2) is 40.9 Å². The fraction of sp³-hybridized carbons (Fsp3) is 0.308. The number of hydrogen-bond donors (Lipinski definition) is 1. The zero-order chi connectivity index (χ0) is 18.3. The molecule has 0 fully saturated rings. The summed E-state index contributed by atoms with van der Waals surface area (Å²) in [5.41, 5.74) is 4.26. The molecule has 2 unspecified atom stereocenters. The molecule has 1 aromatic rings. The number of alkyl halides is 4. The van der Waals surface area contributed by atoms with Gasteiger partial charge in [0.2, 0.25) is 4.87 Å². The first-order valence-corrected chi connectivity index (χ1v) is 7.38. The zero-order valence-electron chi connectivity index (χ0n) is 11.9. The summed E-state index contributed by atoms with van der Waals surface area (Å²) in [6.45, 7) is 0. The van der Waals surface area contributed by atoms with Gasteiger partial charge < -0.3 is 10.5 Å². The maximum absolute atomic E-state index is 13.5. The van der Waals surface area contributed by atoms with Crippen molar-refractivity contribution in [1.29, 1.82) is 0 Å². The van der Waals surface area contributed by atoms with Crippen molar-refractivity contribution >= 4 is 52.2 Å². The van der Waals surface area contributed by atoms with E-state index in [9.17, 15) is 18.0 Å². The smallest absolute Gasteiger partial charge is 0.415 e. The van der Waals surface area contributed by atoms with E-state index >= 15 is 0 Å². The normalized spacial score (nSPS) is 24.7. The van der Waals surface area contributed by atoms with Gasteiger partial charge in [0.1, 0.15) is 10.9 Å². The van der Waals surface area contributed by atoms with Gasteiger partial charge in [0, 0.05) is 0 Å². The highest BCUT2D eigenvalue weighted by molar-refractivity contribution is 6.55. The van der Waals surface area contributed by atoms with Gasteiger partial charge in [-0.2, -0.15) is 13.2 Å². The molecule has 0 aliphatic carbocycles. The van der Waals surface area contributed by atoms with Crippen molar-refractivity contribution in [3.8, 4) is 0 Å². The van der Waals surface area contributed by atoms with Crippen molar-refractivity contribution in [2.24, 2.45) is 10.7 Å². The topological polar surface area (TPSA) is 77.6 Å². The maximum atomic E-state index is 13.5. The third-order valence-corrected chi connectivity index (χ3v) is 4.50. The van der Waals surface area contributed by atoms with Crippen LogP contribution in [0.3, 0.4) is 0 Å². The number of rotatable bonds is 2. The van der Waals surface area contributed by atoms with Crippen LogP contribution in [0.2, 0.25) is 5.15 Å². The van der Waals surface area contributed by atoms with Crippen LogP contribution in [0.4, 0.5) is 13.2 Å². The molecular formula is C13H9Cl3F3N3O2. The van der Waals surface area contributed by atoms with Crippen LogP contribution in [0.1, 0.15) is 5.69 Å². The highest BCUT2D eigenvalue weighted by atomic mass is 35.5. The first-order chi connectivity index (χ1) is 11.0. The molecule has 0 saturated heterocycles. The zero-order valence-corrected chi connectivity index (χ0v) is 14.1. The molecule has 1 aromatic heterocycles. The largest absolute Gasteiger partial charge is 0.464 e. The molecule has 0 aromatic carbocycles. The fourth-order valence-electron chi connectivity index (χ4n) is 2.04. The predicted octanol–water partition coefficient (Wildman–Crippen LogP) is 3.14. The quantitative estimate of drug-likeness (QED) is 0.468. The number of aliphatic imine (C=N–C) groups is 1. The third-order valence-electron chi connectivity index (χ3n) is 3.25. The number of nitrogens with two attached hydrogens (primary N) is 1. The highest BCUT2D eigenvalue weighted by Crippen LogP contribution is 2.47. The molecule has 5 nitrogen and oxygen atoms in total. The molecule has 1 aliphatic heterocycles. The molecule has 0 bridgehead atoms. The van der Waals surface area contributed by atoms with Gasteiger partial charge in [-0.25, -0.2) is 14.8 Å². The summed E-state index contributed by atoms with van der Waals surface area (Å²) < 4.78 is 44.8. The Morgan fingerprint density at radius 3 is 2.50 bits per heavy atom. The van der Waals surface area contributed by atoms with Crippen molar-refractivity contribution < 1.29 is 22.7 Å². The Balaban J connectivity index is 2.72. The van der Waals surface area contributed by atoms with Crippen LogP contribution < -0.4 is 5.73 Å². The molecule has 0 spiro atoms. The molecule has 2 N–H and O–H groups in total. The Bertz CT molecular complexity index is 751. The van der Waals surface area contributed by atoms with Gasteiger partial charge in [-0.05, 0) is 12.1 Å². The Morgan fingerprint density at radius 1 is 1.38 bits per heavy atom. The van der Waals surface area contributed by atoms with Crippen molar-refractivity contribution in [1.82, 2.24) is 4.98 Å². The van der Waals surface area contributed by atoms with E-state index in [0.29, 0.717) is 0 Å². The SMILES string of the molecule is COC(=O)C1=NC(c2cccc(Cl)n2)=C(Cl)C(N)C1(Cl)C(F)(F)F. The first-order valence-electron chi connectivity index (χ1n) is 6.25. The van der Waals surface area contributed by atoms with Crippen molar-refractivity contribution in [2.75, 3.05) is 7.11 Å². The lowest BCUT2D eigenvalue weighted by atomic mass is 9.88. The van der Waals surface area contributed by atoms with Gasteiger partial charge in [-0.15, -0.1) is 0 Å². The van der Waals surface area contributed by atoms with Crippen LogP contribution in [-0.2, 0) is 9.53 Å². The number of carbonyl (C=O) groups is 1. The second kappa shape index (κ2) is 6.51. The Hall–Kier alpha value is -1.35. The van der Waals surface area contributed by atoms with E-state index in [-0.39, 0.29) is 16.5 Å². The number of pyridine rings is 1. The van der Waals surface area contributed by atoms with Crippen LogP contribution in [0.5, 0.6) is 0 Å². The average molecular weight is 403 g/mol. The number of nitrogens with zero attached hydrogens (tertiary/aromatic N) is 2. The Kier molecular flexibility index (Phi) is 5.15. The van der Waals surface area contributed by atoms with Crippen molar-refractivity contribution in [2.45, 2.75) is 17.1 Å². The number of carbonyl (C=O) groups excluding carboxylic acids is 1. The standard InChI is InChI=1S/C13H9Cl3F3N3O2/c1-24-11(23)10-12(16,13(17,18)19)9(20)7(15)8(22-10)5-3-2-4-6(14)21-5/h2-4,9H,20H2,1H3. The number of halogens is 6. The summed E-state index contributed by atoms with van der Waals surface area (Å²) in [6, 6.07) is 2.31. The summed E-state index contributed by atoms with van der Waals surface area (Å²) in [5.74, 6) is -1.39. The number of aromatic nitrogens is 1. The van der Waals surface area contributed by atoms with E-state index < -0.39 is 33.8 Å². The van der Waals surface area contributed by atoms with Crippen LogP contribution in [0, 0.1) is 0 Å². The Morgan fingerprint density at radius 2 is 2.00 bits per heavy atom. The average Bonchev–Trinajstić information content (AvgIpc) is 2.51. The fourth-order valence-corrected chi connectivity index (χ4v) is 2.79. The van der Waals surface area contributed by atoms with Crippen LogP contribution >= 0.6 is 34.8 Å². The van der Waals surface area contributed by atoms with Gasteiger partial charge in [-0.1, -0.05) is 40.9 Å². The second-order valence-electron chi connectivity index (χ2n) is 4.68. The summed E-state index contributed by atoms with van der Waals surface area (Å²) in [7, 11) is 0.890. The number of esters is 1. The number of ether oxygens (including phenoxy) is 1. The van der Waals surface area contributed by atoms with Gasteiger partial charge in [0.05, 0.1) is 23.9 Å². The van der Waals surface area contributed by atoms with E-state index in [1.165, 1.54) is 18.2 Å². The van der Waals surface area contributed by atoms with Crippen molar-refractivity contribution in [3.05, 3.63) is 34.1 Å². The summed E-state index contributed by atoms with van der Waals surface area (Å²) in [5, 5.41) is -0.462. The molecule has 2 rings (SSSR count). The molecular weight excluding hydrogens is 394 g/mol. The van der Waals surface area contributed by atoms with Crippen LogP contribution in [0.25, 0.3) is 5.70 Å². The lowest BCUT2D eigenvalue weighted by Crippen LogP contribution is -2.63. The maximum Gasteiger partial charge on any atom is 0.415 e. The lowest BCUT2D eigenvalue weighted by Gasteiger charge is -2.37. The molecule has 130 valence electrons. The molecule has 1 aliphatic rings. The molecule has 0 saturated carbocycles. The summed E-state index contributed by atoms with van der Waals surface area (Å²) >= 11 is 17.4. The molecule has 24 heavy (non-hydrogen) atoms. The molecule has 2 atom stereocenters. The minimum Gasteiger partial charge on any atom is -0.464 e. The first kappa shape index (κ1) is 19.0. The minimum absolute atomic E-state index is 0.0326.